The van der Waals surface area contributed by atoms with Crippen LogP contribution < -0.4 is 5.73 Å². The second-order valence-corrected chi connectivity index (χ2v) is 5.97. The maximum atomic E-state index is 12.1. The Hall–Kier alpha value is -0.300. The van der Waals surface area contributed by atoms with Gasteiger partial charge in [-0.05, 0) is 38.2 Å². The van der Waals surface area contributed by atoms with Gasteiger partial charge in [0.1, 0.15) is 0 Å². The number of ether oxygens (including phenoxy) is 2. The van der Waals surface area contributed by atoms with Crippen LogP contribution in [0.1, 0.15) is 26.2 Å². The fraction of sp³-hybridized carbons (Fsp3) is 0.929. The standard InChI is InChI=1S/C14H28N2O3S/c1-3-18-9-10-19-12-4-7-16(8-5-12)14(17)13(15)6-11-20-2/h12-13H,3-11,15H2,1-2H3/t13-/m0/s1. The van der Waals surface area contributed by atoms with E-state index in [0.29, 0.717) is 13.2 Å². The quantitative estimate of drug-likeness (QED) is 0.647. The Bertz CT molecular complexity index is 271. The Morgan fingerprint density at radius 2 is 2.10 bits per heavy atom. The molecule has 0 aromatic rings. The molecule has 1 heterocycles. The number of piperidine rings is 1. The Morgan fingerprint density at radius 3 is 2.70 bits per heavy atom. The average Bonchev–Trinajstić information content (AvgIpc) is 2.49. The van der Waals surface area contributed by atoms with Crippen molar-refractivity contribution < 1.29 is 14.3 Å². The molecule has 0 aliphatic carbocycles. The summed E-state index contributed by atoms with van der Waals surface area (Å²) in [6.45, 7) is 5.50. The highest BCUT2D eigenvalue weighted by Crippen LogP contribution is 2.15. The van der Waals surface area contributed by atoms with Crippen molar-refractivity contribution in [1.29, 1.82) is 0 Å². The number of hydrogen-bond donors (Lipinski definition) is 1. The molecule has 20 heavy (non-hydrogen) atoms. The molecule has 1 atom stereocenters. The van der Waals surface area contributed by atoms with E-state index in [1.54, 1.807) is 11.8 Å². The maximum Gasteiger partial charge on any atom is 0.239 e. The summed E-state index contributed by atoms with van der Waals surface area (Å²) in [6, 6.07) is -0.349. The number of amides is 1. The Balaban J connectivity index is 2.19. The first-order valence-corrected chi connectivity index (χ1v) is 8.81. The van der Waals surface area contributed by atoms with Crippen LogP contribution in [0.15, 0.2) is 0 Å². The molecule has 0 unspecified atom stereocenters. The molecule has 1 saturated heterocycles. The molecule has 1 aliphatic rings. The van der Waals surface area contributed by atoms with Crippen molar-refractivity contribution in [2.24, 2.45) is 5.73 Å². The molecule has 1 amide bonds. The van der Waals surface area contributed by atoms with Crippen molar-refractivity contribution in [1.82, 2.24) is 4.90 Å². The second-order valence-electron chi connectivity index (χ2n) is 4.98. The van der Waals surface area contributed by atoms with Crippen LogP contribution in [-0.2, 0) is 14.3 Å². The molecule has 5 nitrogen and oxygen atoms in total. The van der Waals surface area contributed by atoms with Gasteiger partial charge in [-0.1, -0.05) is 0 Å². The average molecular weight is 304 g/mol. The summed E-state index contributed by atoms with van der Waals surface area (Å²) < 4.78 is 11.0. The van der Waals surface area contributed by atoms with E-state index < -0.39 is 0 Å². The van der Waals surface area contributed by atoms with Gasteiger partial charge in [0.05, 0.1) is 25.4 Å². The summed E-state index contributed by atoms with van der Waals surface area (Å²) in [5.74, 6) is 1.02. The third-order valence-electron chi connectivity index (χ3n) is 3.49. The molecule has 0 bridgehead atoms. The Kier molecular flexibility index (Phi) is 9.26. The molecule has 6 heteroatoms. The van der Waals surface area contributed by atoms with Gasteiger partial charge in [-0.25, -0.2) is 0 Å². The third-order valence-corrected chi connectivity index (χ3v) is 4.13. The summed E-state index contributed by atoms with van der Waals surface area (Å²) in [5.41, 5.74) is 5.93. The van der Waals surface area contributed by atoms with Gasteiger partial charge in [-0.2, -0.15) is 11.8 Å². The predicted octanol–water partition coefficient (Wildman–Crippen LogP) is 1.11. The van der Waals surface area contributed by atoms with E-state index >= 15 is 0 Å². The molecule has 0 radical (unpaired) electrons. The molecule has 1 rings (SSSR count). The van der Waals surface area contributed by atoms with Crippen LogP contribution in [0.4, 0.5) is 0 Å². The van der Waals surface area contributed by atoms with Gasteiger partial charge in [0.2, 0.25) is 5.91 Å². The number of nitrogens with zero attached hydrogens (tertiary/aromatic N) is 1. The fourth-order valence-electron chi connectivity index (χ4n) is 2.26. The zero-order valence-corrected chi connectivity index (χ0v) is 13.5. The number of carbonyl (C=O) groups excluding carboxylic acids is 1. The van der Waals surface area contributed by atoms with Crippen LogP contribution in [0.2, 0.25) is 0 Å². The lowest BCUT2D eigenvalue weighted by Gasteiger charge is -2.33. The maximum absolute atomic E-state index is 12.1. The highest BCUT2D eigenvalue weighted by Gasteiger charge is 2.26. The van der Waals surface area contributed by atoms with Crippen molar-refractivity contribution in [3.05, 3.63) is 0 Å². The van der Waals surface area contributed by atoms with Crippen LogP contribution >= 0.6 is 11.8 Å². The SMILES string of the molecule is CCOCCOC1CCN(C(=O)[C@@H](N)CCSC)CC1. The molecule has 1 fully saturated rings. The number of hydrogen-bond acceptors (Lipinski definition) is 5. The van der Waals surface area contributed by atoms with Gasteiger partial charge in [0.15, 0.2) is 0 Å². The molecule has 2 N–H and O–H groups in total. The van der Waals surface area contributed by atoms with Crippen molar-refractivity contribution in [3.63, 3.8) is 0 Å². The topological polar surface area (TPSA) is 64.8 Å². The van der Waals surface area contributed by atoms with E-state index in [0.717, 1.165) is 44.7 Å². The predicted molar refractivity (Wildman–Crippen MR) is 83.0 cm³/mol. The Labute approximate surface area is 126 Å². The number of carbonyl (C=O) groups is 1. The minimum absolute atomic E-state index is 0.0896. The minimum atomic E-state index is -0.349. The normalized spacial score (nSPS) is 18.2. The molecule has 0 aromatic heterocycles. The lowest BCUT2D eigenvalue weighted by Crippen LogP contribution is -2.48. The number of nitrogens with two attached hydrogens (primary N) is 1. The molecule has 0 aromatic carbocycles. The van der Waals surface area contributed by atoms with Gasteiger partial charge in [0.25, 0.3) is 0 Å². The van der Waals surface area contributed by atoms with Gasteiger partial charge >= 0.3 is 0 Å². The molecular formula is C14H28N2O3S. The van der Waals surface area contributed by atoms with E-state index in [1.807, 2.05) is 18.1 Å². The lowest BCUT2D eigenvalue weighted by atomic mass is 10.1. The van der Waals surface area contributed by atoms with E-state index in [-0.39, 0.29) is 18.1 Å². The van der Waals surface area contributed by atoms with Gasteiger partial charge in [-0.15, -0.1) is 0 Å². The molecule has 1 aliphatic heterocycles. The minimum Gasteiger partial charge on any atom is -0.379 e. The van der Waals surface area contributed by atoms with Gasteiger partial charge in [-0.3, -0.25) is 4.79 Å². The highest BCUT2D eigenvalue weighted by atomic mass is 32.2. The fourth-order valence-corrected chi connectivity index (χ4v) is 2.75. The van der Waals surface area contributed by atoms with Crippen molar-refractivity contribution in [3.8, 4) is 0 Å². The van der Waals surface area contributed by atoms with Crippen LogP contribution in [0.3, 0.4) is 0 Å². The molecule has 0 saturated carbocycles. The zero-order valence-electron chi connectivity index (χ0n) is 12.7. The molecule has 0 spiro atoms. The first-order chi connectivity index (χ1) is 9.69. The number of rotatable bonds is 9. The summed E-state index contributed by atoms with van der Waals surface area (Å²) >= 11 is 1.72. The zero-order chi connectivity index (χ0) is 14.8. The van der Waals surface area contributed by atoms with Crippen LogP contribution in [0.5, 0.6) is 0 Å². The van der Waals surface area contributed by atoms with Crippen LogP contribution in [0.25, 0.3) is 0 Å². The van der Waals surface area contributed by atoms with E-state index in [9.17, 15) is 4.79 Å². The summed E-state index contributed by atoms with van der Waals surface area (Å²) in [4.78, 5) is 14.0. The van der Waals surface area contributed by atoms with E-state index in [2.05, 4.69) is 0 Å². The van der Waals surface area contributed by atoms with Gasteiger partial charge in [0, 0.05) is 19.7 Å². The van der Waals surface area contributed by atoms with Crippen molar-refractivity contribution in [2.45, 2.75) is 38.3 Å². The summed E-state index contributed by atoms with van der Waals surface area (Å²) in [5, 5.41) is 0. The first kappa shape index (κ1) is 17.8. The largest absolute Gasteiger partial charge is 0.379 e. The van der Waals surface area contributed by atoms with Crippen LogP contribution in [-0.4, -0.2) is 67.9 Å². The molecule has 118 valence electrons. The van der Waals surface area contributed by atoms with E-state index in [4.69, 9.17) is 15.2 Å². The lowest BCUT2D eigenvalue weighted by molar-refractivity contribution is -0.135. The number of likely N-dealkylation sites (tertiary alicyclic amines) is 1. The first-order valence-electron chi connectivity index (χ1n) is 7.41. The van der Waals surface area contributed by atoms with E-state index in [1.165, 1.54) is 0 Å². The Morgan fingerprint density at radius 1 is 1.40 bits per heavy atom. The van der Waals surface area contributed by atoms with Crippen molar-refractivity contribution >= 4 is 17.7 Å². The smallest absolute Gasteiger partial charge is 0.239 e. The summed E-state index contributed by atoms with van der Waals surface area (Å²) in [6.07, 6.45) is 4.83. The second kappa shape index (κ2) is 10.4. The van der Waals surface area contributed by atoms with Gasteiger partial charge < -0.3 is 20.1 Å². The third kappa shape index (κ3) is 6.43. The van der Waals surface area contributed by atoms with Crippen molar-refractivity contribution in [2.75, 3.05) is 44.9 Å². The molecular weight excluding hydrogens is 276 g/mol. The monoisotopic (exact) mass is 304 g/mol. The highest BCUT2D eigenvalue weighted by molar-refractivity contribution is 7.98. The summed E-state index contributed by atoms with van der Waals surface area (Å²) in [7, 11) is 0. The number of thioether (sulfide) groups is 1. The van der Waals surface area contributed by atoms with Crippen LogP contribution in [0, 0.1) is 0 Å².